The number of fused-ring (bicyclic) bond motifs is 1. The molecule has 0 spiro atoms. The van der Waals surface area contributed by atoms with E-state index in [1.54, 1.807) is 35.1 Å². The van der Waals surface area contributed by atoms with Crippen LogP contribution in [0.5, 0.6) is 5.75 Å². The van der Waals surface area contributed by atoms with Gasteiger partial charge in [-0.2, -0.15) is 10.4 Å². The van der Waals surface area contributed by atoms with Crippen molar-refractivity contribution in [3.63, 3.8) is 0 Å². The van der Waals surface area contributed by atoms with Gasteiger partial charge in [-0.05, 0) is 18.2 Å². The van der Waals surface area contributed by atoms with E-state index in [1.165, 1.54) is 0 Å². The number of rotatable bonds is 7. The van der Waals surface area contributed by atoms with E-state index >= 15 is 0 Å². The van der Waals surface area contributed by atoms with Crippen LogP contribution >= 0.6 is 0 Å². The third-order valence-corrected chi connectivity index (χ3v) is 5.11. The molecule has 0 unspecified atom stereocenters. The summed E-state index contributed by atoms with van der Waals surface area (Å²) >= 11 is 0. The van der Waals surface area contributed by atoms with Crippen LogP contribution in [0.15, 0.2) is 36.8 Å². The number of hydrogen-bond acceptors (Lipinski definition) is 7. The molecule has 1 aliphatic heterocycles. The van der Waals surface area contributed by atoms with Crippen molar-refractivity contribution in [3.8, 4) is 22.9 Å². The SMILES string of the molecule is COCCOc1cc(-c2ccc(N3CCN(C=O)CC3)nc2)c2c(C#N)cnn2c1. The maximum atomic E-state index is 10.9. The molecule has 1 fully saturated rings. The molecule has 1 aliphatic rings. The lowest BCUT2D eigenvalue weighted by molar-refractivity contribution is -0.118. The van der Waals surface area contributed by atoms with Crippen molar-refractivity contribution in [2.45, 2.75) is 0 Å². The molecule has 0 aliphatic carbocycles. The Kier molecular flexibility index (Phi) is 5.77. The van der Waals surface area contributed by atoms with E-state index in [4.69, 9.17) is 9.47 Å². The Hall–Kier alpha value is -3.64. The van der Waals surface area contributed by atoms with E-state index < -0.39 is 0 Å². The maximum Gasteiger partial charge on any atom is 0.209 e. The van der Waals surface area contributed by atoms with Crippen LogP contribution in [0.1, 0.15) is 5.56 Å². The Morgan fingerprint density at radius 1 is 1.20 bits per heavy atom. The van der Waals surface area contributed by atoms with E-state index in [1.807, 2.05) is 18.2 Å². The highest BCUT2D eigenvalue weighted by molar-refractivity contribution is 5.85. The minimum Gasteiger partial charge on any atom is -0.490 e. The molecule has 1 amide bonds. The number of carbonyl (C=O) groups is 1. The van der Waals surface area contributed by atoms with Gasteiger partial charge in [-0.3, -0.25) is 4.79 Å². The number of anilines is 1. The number of carbonyl (C=O) groups excluding carboxylic acids is 1. The first kappa shape index (κ1) is 19.7. The monoisotopic (exact) mass is 406 g/mol. The summed E-state index contributed by atoms with van der Waals surface area (Å²) in [6, 6.07) is 8.04. The second kappa shape index (κ2) is 8.80. The van der Waals surface area contributed by atoms with Gasteiger partial charge in [0.1, 0.15) is 24.2 Å². The predicted molar refractivity (Wildman–Crippen MR) is 110 cm³/mol. The Labute approximate surface area is 174 Å². The summed E-state index contributed by atoms with van der Waals surface area (Å²) in [6.07, 6.45) is 5.98. The molecule has 0 bridgehead atoms. The quantitative estimate of drug-likeness (QED) is 0.434. The molecule has 0 aromatic carbocycles. The zero-order valence-corrected chi connectivity index (χ0v) is 16.7. The van der Waals surface area contributed by atoms with Gasteiger partial charge >= 0.3 is 0 Å². The molecule has 3 aromatic rings. The number of methoxy groups -OCH3 is 1. The summed E-state index contributed by atoms with van der Waals surface area (Å²) in [5, 5.41) is 13.8. The summed E-state index contributed by atoms with van der Waals surface area (Å²) < 4.78 is 12.5. The zero-order valence-electron chi connectivity index (χ0n) is 16.7. The van der Waals surface area contributed by atoms with Crippen LogP contribution in [0.25, 0.3) is 16.6 Å². The number of nitrogens with zero attached hydrogens (tertiary/aromatic N) is 6. The van der Waals surface area contributed by atoms with Gasteiger partial charge in [0, 0.05) is 50.6 Å². The summed E-state index contributed by atoms with van der Waals surface area (Å²) in [5.74, 6) is 1.50. The smallest absolute Gasteiger partial charge is 0.209 e. The van der Waals surface area contributed by atoms with E-state index in [-0.39, 0.29) is 0 Å². The fourth-order valence-electron chi connectivity index (χ4n) is 3.51. The van der Waals surface area contributed by atoms with Crippen LogP contribution in [-0.4, -0.2) is 72.4 Å². The predicted octanol–water partition coefficient (Wildman–Crippen LogP) is 1.57. The lowest BCUT2D eigenvalue weighted by Gasteiger charge is -2.33. The van der Waals surface area contributed by atoms with Gasteiger partial charge in [-0.25, -0.2) is 9.50 Å². The summed E-state index contributed by atoms with van der Waals surface area (Å²) in [4.78, 5) is 19.4. The standard InChI is InChI=1S/C21H22N6O3/c1-29-8-9-30-18-10-19(21-17(11-22)13-24-27(21)14-18)16-2-3-20(23-12-16)26-6-4-25(15-28)5-7-26/h2-3,10,12-15H,4-9H2,1H3. The van der Waals surface area contributed by atoms with Gasteiger partial charge in [-0.15, -0.1) is 0 Å². The fourth-order valence-corrected chi connectivity index (χ4v) is 3.51. The van der Waals surface area contributed by atoms with Gasteiger partial charge in [0.2, 0.25) is 6.41 Å². The topological polar surface area (TPSA) is 96.0 Å². The van der Waals surface area contributed by atoms with Gasteiger partial charge in [0.15, 0.2) is 0 Å². The molecule has 4 heterocycles. The van der Waals surface area contributed by atoms with E-state index in [2.05, 4.69) is 21.1 Å². The highest BCUT2D eigenvalue weighted by atomic mass is 16.5. The molecule has 0 radical (unpaired) electrons. The van der Waals surface area contributed by atoms with E-state index in [9.17, 15) is 10.1 Å². The number of amides is 1. The van der Waals surface area contributed by atoms with Crippen LogP contribution in [0.4, 0.5) is 5.82 Å². The van der Waals surface area contributed by atoms with Crippen molar-refractivity contribution in [2.75, 3.05) is 51.4 Å². The van der Waals surface area contributed by atoms with Crippen LogP contribution in [0, 0.1) is 11.3 Å². The average Bonchev–Trinajstić information content (AvgIpc) is 3.22. The number of ether oxygens (including phenoxy) is 2. The maximum absolute atomic E-state index is 10.9. The lowest BCUT2D eigenvalue weighted by Crippen LogP contribution is -2.45. The largest absolute Gasteiger partial charge is 0.490 e. The van der Waals surface area contributed by atoms with Crippen LogP contribution in [0.3, 0.4) is 0 Å². The van der Waals surface area contributed by atoms with Crippen LogP contribution in [-0.2, 0) is 9.53 Å². The summed E-state index contributed by atoms with van der Waals surface area (Å²) in [7, 11) is 1.62. The lowest BCUT2D eigenvalue weighted by atomic mass is 10.1. The summed E-state index contributed by atoms with van der Waals surface area (Å²) in [5.41, 5.74) is 2.89. The fraction of sp³-hybridized carbons (Fsp3) is 0.333. The van der Waals surface area contributed by atoms with Gasteiger partial charge in [-0.1, -0.05) is 0 Å². The van der Waals surface area contributed by atoms with Crippen LogP contribution in [0.2, 0.25) is 0 Å². The number of aromatic nitrogens is 3. The van der Waals surface area contributed by atoms with Crippen molar-refractivity contribution in [2.24, 2.45) is 0 Å². The highest BCUT2D eigenvalue weighted by Crippen LogP contribution is 2.31. The Morgan fingerprint density at radius 2 is 2.03 bits per heavy atom. The van der Waals surface area contributed by atoms with Crippen molar-refractivity contribution in [1.29, 1.82) is 5.26 Å². The first-order valence-corrected chi connectivity index (χ1v) is 9.67. The molecule has 3 aromatic heterocycles. The minimum absolute atomic E-state index is 0.414. The third-order valence-electron chi connectivity index (χ3n) is 5.11. The number of hydrogen-bond donors (Lipinski definition) is 0. The molecule has 1 saturated heterocycles. The van der Waals surface area contributed by atoms with Crippen molar-refractivity contribution >= 4 is 17.7 Å². The van der Waals surface area contributed by atoms with Crippen LogP contribution < -0.4 is 9.64 Å². The zero-order chi connectivity index (χ0) is 20.9. The molecular formula is C21H22N6O3. The molecular weight excluding hydrogens is 384 g/mol. The molecule has 4 rings (SSSR count). The van der Waals surface area contributed by atoms with Crippen molar-refractivity contribution < 1.29 is 14.3 Å². The number of piperazine rings is 1. The third kappa shape index (κ3) is 3.90. The first-order chi connectivity index (χ1) is 14.7. The molecule has 0 atom stereocenters. The normalized spacial score (nSPS) is 14.0. The summed E-state index contributed by atoms with van der Waals surface area (Å²) in [6.45, 7) is 3.77. The molecule has 0 saturated carbocycles. The Bertz CT molecular complexity index is 1060. The number of pyridine rings is 2. The molecule has 154 valence electrons. The Morgan fingerprint density at radius 3 is 2.70 bits per heavy atom. The van der Waals surface area contributed by atoms with Gasteiger partial charge in [0.25, 0.3) is 0 Å². The Balaban J connectivity index is 1.65. The van der Waals surface area contributed by atoms with E-state index in [0.29, 0.717) is 43.1 Å². The molecule has 0 N–H and O–H groups in total. The first-order valence-electron chi connectivity index (χ1n) is 9.67. The van der Waals surface area contributed by atoms with Crippen molar-refractivity contribution in [3.05, 3.63) is 42.4 Å². The van der Waals surface area contributed by atoms with E-state index in [0.717, 1.165) is 36.4 Å². The number of nitriles is 1. The average molecular weight is 406 g/mol. The minimum atomic E-state index is 0.414. The van der Waals surface area contributed by atoms with Gasteiger partial charge < -0.3 is 19.3 Å². The molecule has 9 nitrogen and oxygen atoms in total. The highest BCUT2D eigenvalue weighted by Gasteiger charge is 2.18. The van der Waals surface area contributed by atoms with Crippen molar-refractivity contribution in [1.82, 2.24) is 19.5 Å². The molecule has 9 heteroatoms. The second-order valence-corrected chi connectivity index (χ2v) is 6.93. The second-order valence-electron chi connectivity index (χ2n) is 6.93. The van der Waals surface area contributed by atoms with Gasteiger partial charge in [0.05, 0.1) is 30.1 Å². The molecule has 30 heavy (non-hydrogen) atoms.